The fourth-order valence-electron chi connectivity index (χ4n) is 3.07. The molecular weight excluding hydrogens is 361 g/mol. The van der Waals surface area contributed by atoms with E-state index in [0.29, 0.717) is 31.9 Å². The topological polar surface area (TPSA) is 65.9 Å². The van der Waals surface area contributed by atoms with Gasteiger partial charge in [0.25, 0.3) is 5.91 Å². The van der Waals surface area contributed by atoms with E-state index in [9.17, 15) is 22.8 Å². The molecular formula is C18H26F3N4O2+. The normalized spacial score (nSPS) is 16.9. The molecule has 0 bridgehead atoms. The highest BCUT2D eigenvalue weighted by molar-refractivity contribution is 5.96. The number of carbonyl (C=O) groups excluding carboxylic acids is 2. The van der Waals surface area contributed by atoms with Gasteiger partial charge in [-0.1, -0.05) is 6.07 Å². The van der Waals surface area contributed by atoms with Crippen LogP contribution in [0.25, 0.3) is 0 Å². The molecule has 0 aromatic heterocycles. The first-order valence-electron chi connectivity index (χ1n) is 8.96. The van der Waals surface area contributed by atoms with Crippen molar-refractivity contribution in [1.82, 2.24) is 10.6 Å². The highest BCUT2D eigenvalue weighted by atomic mass is 19.4. The van der Waals surface area contributed by atoms with E-state index >= 15 is 0 Å². The quantitative estimate of drug-likeness (QED) is 0.723. The van der Waals surface area contributed by atoms with Crippen LogP contribution in [0.15, 0.2) is 24.3 Å². The molecule has 1 saturated heterocycles. The molecule has 9 heteroatoms. The largest absolute Gasteiger partial charge is 0.416 e. The van der Waals surface area contributed by atoms with Crippen molar-refractivity contribution in [2.24, 2.45) is 0 Å². The average molecular weight is 387 g/mol. The summed E-state index contributed by atoms with van der Waals surface area (Å²) in [6.07, 6.45) is -4.37. The summed E-state index contributed by atoms with van der Waals surface area (Å²) in [6, 6.07) is 4.25. The van der Waals surface area contributed by atoms with Gasteiger partial charge in [0.05, 0.1) is 31.7 Å². The lowest BCUT2D eigenvalue weighted by atomic mass is 10.1. The van der Waals surface area contributed by atoms with E-state index in [4.69, 9.17) is 0 Å². The van der Waals surface area contributed by atoms with Gasteiger partial charge in [-0.15, -0.1) is 0 Å². The summed E-state index contributed by atoms with van der Waals surface area (Å²) < 4.78 is 38.6. The van der Waals surface area contributed by atoms with Crippen molar-refractivity contribution in [3.63, 3.8) is 0 Å². The Bertz CT molecular complexity index is 671. The Balaban J connectivity index is 1.91. The zero-order valence-electron chi connectivity index (χ0n) is 15.7. The number of piperazine rings is 1. The minimum Gasteiger partial charge on any atom is -0.360 e. The van der Waals surface area contributed by atoms with Gasteiger partial charge in [0.2, 0.25) is 0 Å². The van der Waals surface area contributed by atoms with Crippen LogP contribution in [-0.2, 0) is 11.0 Å². The van der Waals surface area contributed by atoms with E-state index in [1.165, 1.54) is 6.07 Å². The molecule has 1 aromatic carbocycles. The number of alkyl halides is 3. The third-order valence-electron chi connectivity index (χ3n) is 4.61. The molecule has 0 unspecified atom stereocenters. The minimum absolute atomic E-state index is 0.0727. The zero-order valence-corrected chi connectivity index (χ0v) is 15.7. The standard InChI is InChI=1S/C18H25F3N4O2/c1-12(2)22-17(27)23-16(26)13(3)24-7-9-25(10-8-24)15-6-4-5-14(11-15)18(19,20)21/h4-6,11-13H,7-10H2,1-3H3,(H2,22,23,26,27)/p+1/t13-/m1/s1. The molecule has 6 nitrogen and oxygen atoms in total. The minimum atomic E-state index is -4.37. The number of halogens is 3. The van der Waals surface area contributed by atoms with Gasteiger partial charge in [0.15, 0.2) is 6.04 Å². The summed E-state index contributed by atoms with van der Waals surface area (Å²) in [5.41, 5.74) is -0.143. The number of rotatable bonds is 4. The lowest BCUT2D eigenvalue weighted by molar-refractivity contribution is -0.914. The van der Waals surface area contributed by atoms with Crippen molar-refractivity contribution < 1.29 is 27.7 Å². The second-order valence-electron chi connectivity index (χ2n) is 7.03. The Hall–Kier alpha value is -2.29. The maximum Gasteiger partial charge on any atom is 0.416 e. The summed E-state index contributed by atoms with van der Waals surface area (Å²) in [6.45, 7) is 7.59. The van der Waals surface area contributed by atoms with Crippen LogP contribution < -0.4 is 20.4 Å². The van der Waals surface area contributed by atoms with Crippen LogP contribution in [0.4, 0.5) is 23.7 Å². The van der Waals surface area contributed by atoms with Gasteiger partial charge in [0, 0.05) is 11.7 Å². The molecule has 0 spiro atoms. The van der Waals surface area contributed by atoms with Crippen LogP contribution in [0, 0.1) is 0 Å². The Morgan fingerprint density at radius 1 is 1.15 bits per heavy atom. The van der Waals surface area contributed by atoms with Crippen molar-refractivity contribution >= 4 is 17.6 Å². The molecule has 0 saturated carbocycles. The second kappa shape index (κ2) is 8.60. The molecule has 3 N–H and O–H groups in total. The van der Waals surface area contributed by atoms with E-state index in [0.717, 1.165) is 17.0 Å². The monoisotopic (exact) mass is 387 g/mol. The molecule has 1 aliphatic rings. The number of nitrogens with one attached hydrogen (secondary N) is 3. The highest BCUT2D eigenvalue weighted by Crippen LogP contribution is 2.31. The molecule has 1 atom stereocenters. The summed E-state index contributed by atoms with van der Waals surface area (Å²) in [7, 11) is 0. The number of quaternary nitrogens is 1. The fourth-order valence-corrected chi connectivity index (χ4v) is 3.07. The molecule has 150 valence electrons. The number of nitrogens with zero attached hydrogens (tertiary/aromatic N) is 1. The number of carbonyl (C=O) groups is 2. The Kier molecular flexibility index (Phi) is 6.69. The lowest BCUT2D eigenvalue weighted by Crippen LogP contribution is -3.19. The summed E-state index contributed by atoms with van der Waals surface area (Å²) in [4.78, 5) is 26.7. The zero-order chi connectivity index (χ0) is 20.2. The molecule has 2 rings (SSSR count). The molecule has 1 aliphatic heterocycles. The van der Waals surface area contributed by atoms with Crippen LogP contribution in [0.2, 0.25) is 0 Å². The number of hydrogen-bond donors (Lipinski definition) is 3. The lowest BCUT2D eigenvalue weighted by Gasteiger charge is -2.36. The maximum atomic E-state index is 12.9. The van der Waals surface area contributed by atoms with Gasteiger partial charge in [-0.25, -0.2) is 4.79 Å². The van der Waals surface area contributed by atoms with Crippen LogP contribution in [0.3, 0.4) is 0 Å². The molecule has 1 fully saturated rings. The van der Waals surface area contributed by atoms with Gasteiger partial charge in [-0.3, -0.25) is 10.1 Å². The van der Waals surface area contributed by atoms with E-state index in [1.807, 2.05) is 4.90 Å². The van der Waals surface area contributed by atoms with Crippen molar-refractivity contribution in [2.45, 2.75) is 39.0 Å². The van der Waals surface area contributed by atoms with E-state index in [-0.39, 0.29) is 11.9 Å². The molecule has 27 heavy (non-hydrogen) atoms. The van der Waals surface area contributed by atoms with Gasteiger partial charge < -0.3 is 15.1 Å². The van der Waals surface area contributed by atoms with Crippen LogP contribution in [0.1, 0.15) is 26.3 Å². The Morgan fingerprint density at radius 3 is 2.33 bits per heavy atom. The van der Waals surface area contributed by atoms with Crippen LogP contribution in [-0.4, -0.2) is 50.2 Å². The van der Waals surface area contributed by atoms with Crippen LogP contribution in [0.5, 0.6) is 0 Å². The highest BCUT2D eigenvalue weighted by Gasteiger charge is 2.33. The summed E-state index contributed by atoms with van der Waals surface area (Å²) >= 11 is 0. The first-order valence-corrected chi connectivity index (χ1v) is 8.96. The first-order chi connectivity index (χ1) is 12.6. The summed E-state index contributed by atoms with van der Waals surface area (Å²) in [5, 5.41) is 4.92. The fraction of sp³-hybridized carbons (Fsp3) is 0.556. The molecule has 0 radical (unpaired) electrons. The van der Waals surface area contributed by atoms with Crippen LogP contribution >= 0.6 is 0 Å². The first kappa shape index (κ1) is 21.0. The van der Waals surface area contributed by atoms with Gasteiger partial charge >= 0.3 is 12.2 Å². The number of anilines is 1. The van der Waals surface area contributed by atoms with Gasteiger partial charge in [-0.2, -0.15) is 13.2 Å². The molecule has 1 aromatic rings. The van der Waals surface area contributed by atoms with E-state index in [1.54, 1.807) is 26.8 Å². The third-order valence-corrected chi connectivity index (χ3v) is 4.61. The van der Waals surface area contributed by atoms with E-state index < -0.39 is 23.8 Å². The van der Waals surface area contributed by atoms with Crippen molar-refractivity contribution in [1.29, 1.82) is 0 Å². The average Bonchev–Trinajstić information content (AvgIpc) is 2.60. The predicted molar refractivity (Wildman–Crippen MR) is 95.6 cm³/mol. The number of urea groups is 1. The SMILES string of the molecule is CC(C)NC(=O)NC(=O)[C@@H](C)[NH+]1CCN(c2cccc(C(F)(F)F)c2)CC1. The number of imide groups is 1. The van der Waals surface area contributed by atoms with Crippen molar-refractivity contribution in [3.05, 3.63) is 29.8 Å². The third kappa shape index (κ3) is 5.85. The van der Waals surface area contributed by atoms with Gasteiger partial charge in [-0.05, 0) is 39.0 Å². The Labute approximate surface area is 156 Å². The molecule has 0 aliphatic carbocycles. The van der Waals surface area contributed by atoms with Crippen molar-refractivity contribution in [3.8, 4) is 0 Å². The smallest absolute Gasteiger partial charge is 0.360 e. The molecule has 3 amide bonds. The maximum absolute atomic E-state index is 12.9. The van der Waals surface area contributed by atoms with Gasteiger partial charge in [0.1, 0.15) is 0 Å². The Morgan fingerprint density at radius 2 is 1.78 bits per heavy atom. The summed E-state index contributed by atoms with van der Waals surface area (Å²) in [5.74, 6) is -0.365. The number of hydrogen-bond acceptors (Lipinski definition) is 3. The number of amides is 3. The molecule has 1 heterocycles. The number of benzene rings is 1. The predicted octanol–water partition coefficient (Wildman–Crippen LogP) is 1.03. The van der Waals surface area contributed by atoms with Crippen molar-refractivity contribution in [2.75, 3.05) is 31.1 Å². The second-order valence-corrected chi connectivity index (χ2v) is 7.03. The van der Waals surface area contributed by atoms with E-state index in [2.05, 4.69) is 10.6 Å².